The van der Waals surface area contributed by atoms with Crippen molar-refractivity contribution in [3.05, 3.63) is 33.9 Å². The van der Waals surface area contributed by atoms with Gasteiger partial charge in [0.05, 0.1) is 0 Å². The molecular formula is C6H3BrI2N2O2. The molecule has 0 aromatic heterocycles. The number of hydrogen-bond donors (Lipinski definition) is 1. The predicted octanol–water partition coefficient (Wildman–Crippen LogP) is 3.26. The zero-order chi connectivity index (χ0) is 10.0. The van der Waals surface area contributed by atoms with Gasteiger partial charge in [0.2, 0.25) is 0 Å². The summed E-state index contributed by atoms with van der Waals surface area (Å²) in [4.78, 5) is 10.2. The second-order valence-electron chi connectivity index (χ2n) is 2.11. The van der Waals surface area contributed by atoms with Crippen LogP contribution in [0.25, 0.3) is 0 Å². The third kappa shape index (κ3) is 3.20. The van der Waals surface area contributed by atoms with Gasteiger partial charge in [-0.25, -0.2) is 10.1 Å². The van der Waals surface area contributed by atoms with Gasteiger partial charge in [0.25, 0.3) is 0 Å². The molecule has 0 atom stereocenters. The largest absolute Gasteiger partial charge is 0.235 e. The smallest absolute Gasteiger partial charge is 0.162 e. The highest BCUT2D eigenvalue weighted by Gasteiger charge is 2.10. The van der Waals surface area contributed by atoms with Crippen molar-refractivity contribution in [3.8, 4) is 0 Å². The Kier molecular flexibility index (Phi) is 4.16. The molecule has 0 aliphatic carbocycles. The van der Waals surface area contributed by atoms with E-state index in [1.54, 1.807) is 0 Å². The molecule has 1 aromatic rings. The van der Waals surface area contributed by atoms with Crippen LogP contribution in [0.15, 0.2) is 16.6 Å². The Hall–Kier alpha value is 0.360. The standard InChI is InChI=1S/C6H3BrI2N2O2/c7-4-1-3(8)2-5(9)6(4)10-11(12)13/h1-2,10H. The second kappa shape index (κ2) is 4.73. The molecule has 1 aromatic carbocycles. The van der Waals surface area contributed by atoms with E-state index >= 15 is 0 Å². The molecule has 0 saturated carbocycles. The SMILES string of the molecule is O=[N+]([O-])Nc1c(Br)cc(I)cc1I. The molecule has 1 N–H and O–H groups in total. The Morgan fingerprint density at radius 3 is 2.54 bits per heavy atom. The summed E-state index contributed by atoms with van der Waals surface area (Å²) >= 11 is 7.44. The maximum atomic E-state index is 10.2. The van der Waals surface area contributed by atoms with Crippen LogP contribution >= 0.6 is 61.1 Å². The van der Waals surface area contributed by atoms with Crippen molar-refractivity contribution in [1.29, 1.82) is 0 Å². The zero-order valence-corrected chi connectivity index (χ0v) is 12.0. The van der Waals surface area contributed by atoms with Crippen LogP contribution in [-0.4, -0.2) is 5.03 Å². The quantitative estimate of drug-likeness (QED) is 0.412. The number of halogens is 3. The van der Waals surface area contributed by atoms with E-state index in [0.29, 0.717) is 10.2 Å². The van der Waals surface area contributed by atoms with E-state index in [9.17, 15) is 10.1 Å². The zero-order valence-electron chi connectivity index (χ0n) is 6.05. The van der Waals surface area contributed by atoms with Crippen molar-refractivity contribution in [2.24, 2.45) is 0 Å². The summed E-state index contributed by atoms with van der Waals surface area (Å²) in [5.41, 5.74) is 2.62. The molecule has 0 saturated heterocycles. The topological polar surface area (TPSA) is 55.2 Å². The van der Waals surface area contributed by atoms with Crippen molar-refractivity contribution in [1.82, 2.24) is 0 Å². The first-order valence-corrected chi connectivity index (χ1v) is 6.01. The van der Waals surface area contributed by atoms with Crippen LogP contribution in [-0.2, 0) is 0 Å². The lowest BCUT2D eigenvalue weighted by Gasteiger charge is -2.04. The number of nitrogens with one attached hydrogen (secondary N) is 1. The molecule has 4 nitrogen and oxygen atoms in total. The molecule has 0 bridgehead atoms. The average Bonchev–Trinajstić information content (AvgIpc) is 1.96. The third-order valence-electron chi connectivity index (χ3n) is 1.21. The molecular weight excluding hydrogens is 466 g/mol. The first-order valence-electron chi connectivity index (χ1n) is 3.06. The van der Waals surface area contributed by atoms with Crippen molar-refractivity contribution < 1.29 is 5.03 Å². The van der Waals surface area contributed by atoms with E-state index in [4.69, 9.17) is 0 Å². The molecule has 0 heterocycles. The highest BCUT2D eigenvalue weighted by Crippen LogP contribution is 2.29. The molecule has 13 heavy (non-hydrogen) atoms. The number of benzene rings is 1. The van der Waals surface area contributed by atoms with Gasteiger partial charge in [-0.3, -0.25) is 0 Å². The van der Waals surface area contributed by atoms with Crippen molar-refractivity contribution >= 4 is 66.8 Å². The van der Waals surface area contributed by atoms with E-state index in [1.165, 1.54) is 0 Å². The Labute approximate surface area is 110 Å². The average molecular weight is 469 g/mol. The van der Waals surface area contributed by atoms with Gasteiger partial charge in [0.15, 0.2) is 5.03 Å². The third-order valence-corrected chi connectivity index (χ3v) is 3.31. The van der Waals surface area contributed by atoms with Crippen molar-refractivity contribution in [2.45, 2.75) is 0 Å². The lowest BCUT2D eigenvalue weighted by Crippen LogP contribution is -2.09. The second-order valence-corrected chi connectivity index (χ2v) is 5.38. The van der Waals surface area contributed by atoms with Crippen LogP contribution < -0.4 is 5.43 Å². The van der Waals surface area contributed by atoms with Crippen LogP contribution in [0.1, 0.15) is 0 Å². The highest BCUT2D eigenvalue weighted by molar-refractivity contribution is 14.1. The van der Waals surface area contributed by atoms with Gasteiger partial charge in [-0.15, -0.1) is 5.43 Å². The molecule has 0 unspecified atom stereocenters. The van der Waals surface area contributed by atoms with Gasteiger partial charge in [-0.2, -0.15) is 0 Å². The molecule has 7 heteroatoms. The minimum absolute atomic E-state index is 0.492. The highest BCUT2D eigenvalue weighted by atomic mass is 127. The fourth-order valence-corrected chi connectivity index (χ4v) is 4.05. The maximum absolute atomic E-state index is 10.2. The number of hydrogen-bond acceptors (Lipinski definition) is 2. The number of anilines is 1. The summed E-state index contributed by atoms with van der Waals surface area (Å²) in [7, 11) is 0. The maximum Gasteiger partial charge on any atom is 0.162 e. The van der Waals surface area contributed by atoms with Crippen molar-refractivity contribution in [2.75, 3.05) is 5.43 Å². The molecule has 0 amide bonds. The minimum atomic E-state index is -0.574. The predicted molar refractivity (Wildman–Crippen MR) is 70.2 cm³/mol. The number of rotatable bonds is 2. The summed E-state index contributed by atoms with van der Waals surface area (Å²) < 4.78 is 2.54. The first-order chi connectivity index (χ1) is 6.00. The van der Waals surface area contributed by atoms with Gasteiger partial charge in [0, 0.05) is 11.6 Å². The van der Waals surface area contributed by atoms with Crippen LogP contribution in [0.2, 0.25) is 0 Å². The van der Waals surface area contributed by atoms with E-state index < -0.39 is 5.03 Å². The molecule has 0 spiro atoms. The molecule has 70 valence electrons. The van der Waals surface area contributed by atoms with Gasteiger partial charge >= 0.3 is 0 Å². The molecule has 1 rings (SSSR count). The number of nitro groups is 1. The first kappa shape index (κ1) is 11.4. The van der Waals surface area contributed by atoms with E-state index in [0.717, 1.165) is 7.14 Å². The summed E-state index contributed by atoms with van der Waals surface area (Å²) in [6.45, 7) is 0. The Bertz CT molecular complexity index is 335. The van der Waals surface area contributed by atoms with Crippen molar-refractivity contribution in [3.63, 3.8) is 0 Å². The molecule has 0 aliphatic rings. The number of nitrogens with zero attached hydrogens (tertiary/aromatic N) is 1. The summed E-state index contributed by atoms with van der Waals surface area (Å²) in [6, 6.07) is 3.67. The monoisotopic (exact) mass is 468 g/mol. The van der Waals surface area contributed by atoms with Crippen LogP contribution in [0.5, 0.6) is 0 Å². The lowest BCUT2D eigenvalue weighted by molar-refractivity contribution is -0.445. The van der Waals surface area contributed by atoms with Gasteiger partial charge < -0.3 is 0 Å². The van der Waals surface area contributed by atoms with E-state index in [1.807, 2.05) is 34.7 Å². The fraction of sp³-hybridized carbons (Fsp3) is 0. The summed E-state index contributed by atoms with van der Waals surface area (Å²) in [5, 5.41) is 9.65. The molecule has 0 aliphatic heterocycles. The lowest BCUT2D eigenvalue weighted by atomic mass is 10.3. The molecule has 0 fully saturated rings. The van der Waals surface area contributed by atoms with Crippen LogP contribution in [0, 0.1) is 17.3 Å². The Morgan fingerprint density at radius 1 is 1.46 bits per heavy atom. The van der Waals surface area contributed by atoms with Gasteiger partial charge in [-0.05, 0) is 73.2 Å². The number of hydrazine groups is 1. The van der Waals surface area contributed by atoms with Gasteiger partial charge in [0.1, 0.15) is 5.69 Å². The summed E-state index contributed by atoms with van der Waals surface area (Å²) in [5.74, 6) is 0. The van der Waals surface area contributed by atoms with Crippen LogP contribution in [0.4, 0.5) is 5.69 Å². The fourth-order valence-electron chi connectivity index (χ4n) is 0.740. The Balaban J connectivity index is 3.13. The minimum Gasteiger partial charge on any atom is -0.235 e. The Morgan fingerprint density at radius 2 is 2.08 bits per heavy atom. The van der Waals surface area contributed by atoms with E-state index in [-0.39, 0.29) is 0 Å². The van der Waals surface area contributed by atoms with E-state index in [2.05, 4.69) is 43.9 Å². The molecule has 0 radical (unpaired) electrons. The van der Waals surface area contributed by atoms with Gasteiger partial charge in [-0.1, -0.05) is 0 Å². The summed E-state index contributed by atoms with van der Waals surface area (Å²) in [6.07, 6.45) is 0. The van der Waals surface area contributed by atoms with Crippen LogP contribution in [0.3, 0.4) is 0 Å². The normalized spacial score (nSPS) is 9.77.